The van der Waals surface area contributed by atoms with E-state index in [9.17, 15) is 9.59 Å². The summed E-state index contributed by atoms with van der Waals surface area (Å²) in [5.41, 5.74) is 8.02. The van der Waals surface area contributed by atoms with Crippen molar-refractivity contribution in [1.29, 1.82) is 0 Å². The second-order valence-corrected chi connectivity index (χ2v) is 5.43. The highest BCUT2D eigenvalue weighted by molar-refractivity contribution is 5.80. The van der Waals surface area contributed by atoms with Crippen molar-refractivity contribution in [3.8, 4) is 0 Å². The van der Waals surface area contributed by atoms with Crippen molar-refractivity contribution in [2.75, 3.05) is 5.73 Å². The van der Waals surface area contributed by atoms with E-state index in [4.69, 9.17) is 16.4 Å². The Labute approximate surface area is 140 Å². The molecule has 0 aliphatic heterocycles. The molecule has 2 aromatic rings. The Morgan fingerprint density at radius 2 is 1.62 bits per heavy atom. The number of benzene rings is 2. The molecule has 6 heteroatoms. The minimum atomic E-state index is -0.673. The third kappa shape index (κ3) is 5.40. The summed E-state index contributed by atoms with van der Waals surface area (Å²) in [7, 11) is 0. The average molecular weight is 328 g/mol. The molecule has 0 saturated carbocycles. The summed E-state index contributed by atoms with van der Waals surface area (Å²) < 4.78 is 5.32. The molecule has 0 aliphatic carbocycles. The van der Waals surface area contributed by atoms with Crippen LogP contribution in [0.3, 0.4) is 0 Å². The zero-order valence-electron chi connectivity index (χ0n) is 13.2. The first kappa shape index (κ1) is 17.5. The maximum absolute atomic E-state index is 12.3. The molecule has 0 spiro atoms. The van der Waals surface area contributed by atoms with Gasteiger partial charge in [-0.1, -0.05) is 42.5 Å². The van der Waals surface area contributed by atoms with Gasteiger partial charge in [0.15, 0.2) is 0 Å². The summed E-state index contributed by atoms with van der Waals surface area (Å²) in [6.07, 6.45) is 0.192. The SMILES string of the molecule is NOC(=O)C[C@@H](Cc1ccc(N)cc1)C(=O)OCc1ccccc1. The Hall–Kier alpha value is -2.86. The lowest BCUT2D eigenvalue weighted by Crippen LogP contribution is -2.25. The summed E-state index contributed by atoms with van der Waals surface area (Å²) in [5, 5.41) is 0. The smallest absolute Gasteiger partial charge is 0.325 e. The number of rotatable bonds is 7. The molecular formula is C18H20N2O4. The lowest BCUT2D eigenvalue weighted by Gasteiger charge is -2.15. The molecule has 0 heterocycles. The number of ether oxygens (including phenoxy) is 1. The minimum Gasteiger partial charge on any atom is -0.461 e. The van der Waals surface area contributed by atoms with Gasteiger partial charge in [0.1, 0.15) is 6.61 Å². The Morgan fingerprint density at radius 3 is 2.25 bits per heavy atom. The van der Waals surface area contributed by atoms with E-state index < -0.39 is 17.9 Å². The van der Waals surface area contributed by atoms with Crippen LogP contribution in [-0.2, 0) is 32.2 Å². The van der Waals surface area contributed by atoms with Crippen LogP contribution in [0, 0.1) is 5.92 Å². The van der Waals surface area contributed by atoms with Crippen molar-refractivity contribution >= 4 is 17.6 Å². The molecule has 0 amide bonds. The molecule has 0 radical (unpaired) electrons. The highest BCUT2D eigenvalue weighted by atomic mass is 16.7. The molecule has 2 rings (SSSR count). The van der Waals surface area contributed by atoms with Gasteiger partial charge in [-0.25, -0.2) is 0 Å². The molecule has 2 aromatic carbocycles. The fourth-order valence-electron chi connectivity index (χ4n) is 2.27. The molecule has 4 N–H and O–H groups in total. The van der Waals surface area contributed by atoms with Crippen LogP contribution < -0.4 is 11.6 Å². The predicted octanol–water partition coefficient (Wildman–Crippen LogP) is 1.98. The van der Waals surface area contributed by atoms with Gasteiger partial charge in [-0.3, -0.25) is 9.59 Å². The molecule has 0 aliphatic rings. The van der Waals surface area contributed by atoms with Gasteiger partial charge in [0.2, 0.25) is 0 Å². The summed E-state index contributed by atoms with van der Waals surface area (Å²) in [4.78, 5) is 28.0. The zero-order valence-corrected chi connectivity index (χ0v) is 13.2. The van der Waals surface area contributed by atoms with E-state index in [1.165, 1.54) is 0 Å². The third-order valence-corrected chi connectivity index (χ3v) is 3.56. The van der Waals surface area contributed by atoms with Crippen LogP contribution >= 0.6 is 0 Å². The monoisotopic (exact) mass is 328 g/mol. The zero-order chi connectivity index (χ0) is 17.4. The molecule has 0 bridgehead atoms. The highest BCUT2D eigenvalue weighted by Crippen LogP contribution is 2.17. The van der Waals surface area contributed by atoms with E-state index in [1.807, 2.05) is 30.3 Å². The molecule has 126 valence electrons. The van der Waals surface area contributed by atoms with Crippen molar-refractivity contribution in [2.45, 2.75) is 19.4 Å². The van der Waals surface area contributed by atoms with Gasteiger partial charge in [0.05, 0.1) is 12.3 Å². The van der Waals surface area contributed by atoms with Crippen molar-refractivity contribution in [3.63, 3.8) is 0 Å². The number of esters is 1. The van der Waals surface area contributed by atoms with Crippen molar-refractivity contribution in [1.82, 2.24) is 0 Å². The highest BCUT2D eigenvalue weighted by Gasteiger charge is 2.24. The van der Waals surface area contributed by atoms with E-state index in [1.54, 1.807) is 24.3 Å². The van der Waals surface area contributed by atoms with E-state index in [0.29, 0.717) is 12.1 Å². The van der Waals surface area contributed by atoms with Crippen LogP contribution in [0.5, 0.6) is 0 Å². The van der Waals surface area contributed by atoms with Crippen LogP contribution in [0.2, 0.25) is 0 Å². The van der Waals surface area contributed by atoms with Crippen LogP contribution in [0.4, 0.5) is 5.69 Å². The molecule has 0 unspecified atom stereocenters. The first-order chi connectivity index (χ1) is 11.6. The van der Waals surface area contributed by atoms with Gasteiger partial charge in [0, 0.05) is 5.69 Å². The topological polar surface area (TPSA) is 105 Å². The number of anilines is 1. The molecular weight excluding hydrogens is 308 g/mol. The second kappa shape index (κ2) is 8.69. The van der Waals surface area contributed by atoms with E-state index >= 15 is 0 Å². The first-order valence-electron chi connectivity index (χ1n) is 7.53. The van der Waals surface area contributed by atoms with Gasteiger partial charge in [-0.2, -0.15) is 5.90 Å². The largest absolute Gasteiger partial charge is 0.461 e. The van der Waals surface area contributed by atoms with Crippen LogP contribution in [0.25, 0.3) is 0 Å². The van der Waals surface area contributed by atoms with Gasteiger partial charge in [-0.05, 0) is 29.7 Å². The standard InChI is InChI=1S/C18H20N2O4/c19-16-8-6-13(7-9-16)10-15(11-17(21)24-20)18(22)23-12-14-4-2-1-3-5-14/h1-9,15H,10-12,19-20H2/t15-/m1/s1. The third-order valence-electron chi connectivity index (χ3n) is 3.56. The van der Waals surface area contributed by atoms with Gasteiger partial charge < -0.3 is 15.3 Å². The maximum atomic E-state index is 12.3. The Balaban J connectivity index is 2.02. The van der Waals surface area contributed by atoms with Gasteiger partial charge >= 0.3 is 11.9 Å². The minimum absolute atomic E-state index is 0.144. The lowest BCUT2D eigenvalue weighted by atomic mass is 9.96. The first-order valence-corrected chi connectivity index (χ1v) is 7.53. The lowest BCUT2D eigenvalue weighted by molar-refractivity contribution is -0.156. The number of hydrogen-bond acceptors (Lipinski definition) is 6. The van der Waals surface area contributed by atoms with Crippen LogP contribution in [0.1, 0.15) is 17.5 Å². The number of hydrogen-bond donors (Lipinski definition) is 2. The van der Waals surface area contributed by atoms with Crippen LogP contribution in [0.15, 0.2) is 54.6 Å². The molecule has 0 fully saturated rings. The quantitative estimate of drug-likeness (QED) is 0.457. The summed E-state index contributed by atoms with van der Waals surface area (Å²) in [6, 6.07) is 16.4. The van der Waals surface area contributed by atoms with Crippen molar-refractivity contribution in [2.24, 2.45) is 11.8 Å². The summed E-state index contributed by atoms with van der Waals surface area (Å²) >= 11 is 0. The maximum Gasteiger partial charge on any atom is 0.325 e. The number of carbonyl (C=O) groups excluding carboxylic acids is 2. The molecule has 0 aromatic heterocycles. The van der Waals surface area contributed by atoms with E-state index in [2.05, 4.69) is 4.84 Å². The number of nitrogens with two attached hydrogens (primary N) is 2. The molecule has 24 heavy (non-hydrogen) atoms. The normalized spacial score (nSPS) is 11.5. The Kier molecular flexibility index (Phi) is 6.33. The van der Waals surface area contributed by atoms with Gasteiger partial charge in [0.25, 0.3) is 0 Å². The van der Waals surface area contributed by atoms with Crippen LogP contribution in [-0.4, -0.2) is 11.9 Å². The number of carbonyl (C=O) groups is 2. The second-order valence-electron chi connectivity index (χ2n) is 5.43. The Bertz CT molecular complexity index is 671. The molecule has 0 saturated heterocycles. The van der Waals surface area contributed by atoms with E-state index in [0.717, 1.165) is 11.1 Å². The fraction of sp³-hybridized carbons (Fsp3) is 0.222. The van der Waals surface area contributed by atoms with Crippen molar-refractivity contribution < 1.29 is 19.2 Å². The van der Waals surface area contributed by atoms with Gasteiger partial charge in [-0.15, -0.1) is 0 Å². The Morgan fingerprint density at radius 1 is 0.958 bits per heavy atom. The molecule has 1 atom stereocenters. The molecule has 6 nitrogen and oxygen atoms in total. The fourth-order valence-corrected chi connectivity index (χ4v) is 2.27. The number of nitrogen functional groups attached to an aromatic ring is 1. The summed E-state index contributed by atoms with van der Waals surface area (Å²) in [6.45, 7) is 0.148. The predicted molar refractivity (Wildman–Crippen MR) is 89.2 cm³/mol. The average Bonchev–Trinajstić information content (AvgIpc) is 2.61. The summed E-state index contributed by atoms with van der Waals surface area (Å²) in [5.74, 6) is 3.08. The van der Waals surface area contributed by atoms with E-state index in [-0.39, 0.29) is 13.0 Å². The van der Waals surface area contributed by atoms with Crippen molar-refractivity contribution in [3.05, 3.63) is 65.7 Å².